The van der Waals surface area contributed by atoms with E-state index in [2.05, 4.69) is 10.6 Å². The zero-order chi connectivity index (χ0) is 19.4. The maximum absolute atomic E-state index is 13.1. The van der Waals surface area contributed by atoms with Gasteiger partial charge in [-0.1, -0.05) is 61.3 Å². The molecule has 2 aromatic rings. The summed E-state index contributed by atoms with van der Waals surface area (Å²) in [5, 5.41) is 5.93. The van der Waals surface area contributed by atoms with Gasteiger partial charge in [0.05, 0.1) is 0 Å². The Balaban J connectivity index is 1.79. The number of nitrogens with zero attached hydrogens (tertiary/aromatic N) is 1. The van der Waals surface area contributed by atoms with Crippen molar-refractivity contribution in [2.24, 2.45) is 0 Å². The summed E-state index contributed by atoms with van der Waals surface area (Å²) in [4.78, 5) is 38.9. The Hall–Kier alpha value is -2.86. The maximum Gasteiger partial charge on any atom is 0.325 e. The van der Waals surface area contributed by atoms with Gasteiger partial charge in [0.1, 0.15) is 12.1 Å². The molecule has 2 aromatic carbocycles. The lowest BCUT2D eigenvalue weighted by molar-refractivity contribution is -0.134. The van der Waals surface area contributed by atoms with Gasteiger partial charge in [-0.25, -0.2) is 4.79 Å². The van der Waals surface area contributed by atoms with Crippen molar-refractivity contribution in [1.29, 1.82) is 0 Å². The maximum atomic E-state index is 13.1. The highest BCUT2D eigenvalue weighted by Crippen LogP contribution is 2.33. The monoisotopic (exact) mass is 385 g/mol. The number of benzene rings is 2. The van der Waals surface area contributed by atoms with Crippen LogP contribution in [0.3, 0.4) is 0 Å². The molecule has 1 fully saturated rings. The minimum absolute atomic E-state index is 0.366. The summed E-state index contributed by atoms with van der Waals surface area (Å²) >= 11 is 5.90. The molecule has 0 aromatic heterocycles. The molecule has 1 aliphatic rings. The van der Waals surface area contributed by atoms with Crippen LogP contribution in [0, 0.1) is 0 Å². The van der Waals surface area contributed by atoms with Crippen LogP contribution in [-0.2, 0) is 15.1 Å². The Morgan fingerprint density at radius 1 is 1.15 bits per heavy atom. The number of imide groups is 1. The van der Waals surface area contributed by atoms with E-state index < -0.39 is 23.4 Å². The molecule has 140 valence electrons. The fourth-order valence-corrected chi connectivity index (χ4v) is 3.48. The first-order valence-corrected chi connectivity index (χ1v) is 9.09. The minimum atomic E-state index is -1.14. The number of rotatable bonds is 6. The van der Waals surface area contributed by atoms with E-state index in [9.17, 15) is 14.4 Å². The van der Waals surface area contributed by atoms with Gasteiger partial charge >= 0.3 is 6.03 Å². The summed E-state index contributed by atoms with van der Waals surface area (Å²) in [5.41, 5.74) is 0.0778. The molecule has 0 saturated carbocycles. The second kappa shape index (κ2) is 7.80. The van der Waals surface area contributed by atoms with Gasteiger partial charge in [0.15, 0.2) is 0 Å². The first-order valence-electron chi connectivity index (χ1n) is 8.71. The highest BCUT2D eigenvalue weighted by Gasteiger charge is 2.52. The minimum Gasteiger partial charge on any atom is -0.324 e. The second-order valence-electron chi connectivity index (χ2n) is 6.40. The molecule has 27 heavy (non-hydrogen) atoms. The number of hydrogen-bond acceptors (Lipinski definition) is 3. The van der Waals surface area contributed by atoms with Crippen molar-refractivity contribution in [1.82, 2.24) is 10.2 Å². The van der Waals surface area contributed by atoms with E-state index in [-0.39, 0.29) is 6.54 Å². The third-order valence-electron chi connectivity index (χ3n) is 4.48. The van der Waals surface area contributed by atoms with Crippen LogP contribution in [0.15, 0.2) is 54.6 Å². The van der Waals surface area contributed by atoms with Gasteiger partial charge in [0, 0.05) is 10.7 Å². The van der Waals surface area contributed by atoms with Crippen LogP contribution >= 0.6 is 11.6 Å². The normalized spacial score (nSPS) is 19.1. The first-order chi connectivity index (χ1) is 13.0. The summed E-state index contributed by atoms with van der Waals surface area (Å²) in [6, 6.07) is 15.2. The topological polar surface area (TPSA) is 78.5 Å². The lowest BCUT2D eigenvalue weighted by Crippen LogP contribution is -2.44. The molecular weight excluding hydrogens is 366 g/mol. The van der Waals surface area contributed by atoms with E-state index in [0.29, 0.717) is 29.1 Å². The second-order valence-corrected chi connectivity index (χ2v) is 6.84. The molecule has 7 heteroatoms. The Morgan fingerprint density at radius 3 is 2.56 bits per heavy atom. The van der Waals surface area contributed by atoms with Crippen molar-refractivity contribution in [3.8, 4) is 0 Å². The number of nitrogens with one attached hydrogen (secondary N) is 2. The molecule has 3 rings (SSSR count). The molecular formula is C20H20ClN3O3. The summed E-state index contributed by atoms with van der Waals surface area (Å²) in [6.45, 7) is 1.58. The lowest BCUT2D eigenvalue weighted by Gasteiger charge is -2.26. The number of amides is 4. The molecule has 0 bridgehead atoms. The molecule has 1 atom stereocenters. The van der Waals surface area contributed by atoms with Gasteiger partial charge in [-0.15, -0.1) is 0 Å². The molecule has 2 N–H and O–H groups in total. The van der Waals surface area contributed by atoms with Crippen molar-refractivity contribution in [2.75, 3.05) is 11.9 Å². The highest BCUT2D eigenvalue weighted by molar-refractivity contribution is 6.30. The largest absolute Gasteiger partial charge is 0.325 e. The third kappa shape index (κ3) is 3.80. The lowest BCUT2D eigenvalue weighted by atomic mass is 9.85. The standard InChI is InChI=1S/C20H20ClN3O3/c1-2-11-20(14-7-4-3-5-8-14)18(26)24(19(27)23-20)13-17(25)22-16-10-6-9-15(21)12-16/h3-10,12H,2,11,13H2,1H3,(H,22,25)(H,23,27). The predicted octanol–water partition coefficient (Wildman–Crippen LogP) is 3.53. The van der Waals surface area contributed by atoms with Crippen molar-refractivity contribution < 1.29 is 14.4 Å². The first kappa shape index (κ1) is 18.9. The zero-order valence-electron chi connectivity index (χ0n) is 14.9. The van der Waals surface area contributed by atoms with Crippen molar-refractivity contribution in [3.63, 3.8) is 0 Å². The van der Waals surface area contributed by atoms with Gasteiger partial charge in [-0.05, 0) is 30.2 Å². The number of hydrogen-bond donors (Lipinski definition) is 2. The summed E-state index contributed by atoms with van der Waals surface area (Å²) in [7, 11) is 0. The van der Waals surface area contributed by atoms with Crippen LogP contribution in [0.5, 0.6) is 0 Å². The van der Waals surface area contributed by atoms with E-state index in [0.717, 1.165) is 4.90 Å². The zero-order valence-corrected chi connectivity index (χ0v) is 15.6. The summed E-state index contributed by atoms with van der Waals surface area (Å²) < 4.78 is 0. The van der Waals surface area contributed by atoms with Crippen LogP contribution in [-0.4, -0.2) is 29.3 Å². The number of anilines is 1. The summed E-state index contributed by atoms with van der Waals surface area (Å²) in [5.74, 6) is -0.886. The average molecular weight is 386 g/mol. The van der Waals surface area contributed by atoms with E-state index >= 15 is 0 Å². The quantitative estimate of drug-likeness (QED) is 0.746. The van der Waals surface area contributed by atoms with Crippen molar-refractivity contribution >= 4 is 35.1 Å². The summed E-state index contributed by atoms with van der Waals surface area (Å²) in [6.07, 6.45) is 1.15. The fourth-order valence-electron chi connectivity index (χ4n) is 3.29. The molecule has 0 aliphatic carbocycles. The molecule has 0 spiro atoms. The van der Waals surface area contributed by atoms with E-state index in [1.54, 1.807) is 24.3 Å². The van der Waals surface area contributed by atoms with E-state index in [1.807, 2.05) is 37.3 Å². The van der Waals surface area contributed by atoms with E-state index in [4.69, 9.17) is 11.6 Å². The Kier molecular flexibility index (Phi) is 5.46. The van der Waals surface area contributed by atoms with Crippen molar-refractivity contribution in [3.05, 3.63) is 65.2 Å². The van der Waals surface area contributed by atoms with Gasteiger partial charge in [0.25, 0.3) is 5.91 Å². The van der Waals surface area contributed by atoms with Crippen molar-refractivity contribution in [2.45, 2.75) is 25.3 Å². The Bertz CT molecular complexity index is 872. The van der Waals surface area contributed by atoms with Crippen LogP contribution in [0.2, 0.25) is 5.02 Å². The Morgan fingerprint density at radius 2 is 1.89 bits per heavy atom. The Labute approximate surface area is 162 Å². The molecule has 6 nitrogen and oxygen atoms in total. The number of carbonyl (C=O) groups is 3. The van der Waals surface area contributed by atoms with Crippen LogP contribution in [0.4, 0.5) is 10.5 Å². The van der Waals surface area contributed by atoms with Crippen LogP contribution in [0.1, 0.15) is 25.3 Å². The smallest absolute Gasteiger partial charge is 0.324 e. The van der Waals surface area contributed by atoms with Crippen LogP contribution in [0.25, 0.3) is 0 Å². The molecule has 4 amide bonds. The molecule has 1 aliphatic heterocycles. The number of urea groups is 1. The molecule has 1 unspecified atom stereocenters. The average Bonchev–Trinajstić information content (AvgIpc) is 2.88. The predicted molar refractivity (Wildman–Crippen MR) is 103 cm³/mol. The van der Waals surface area contributed by atoms with E-state index in [1.165, 1.54) is 0 Å². The van der Waals surface area contributed by atoms with Gasteiger partial charge in [-0.3, -0.25) is 14.5 Å². The van der Waals surface area contributed by atoms with Gasteiger partial charge in [0.2, 0.25) is 5.91 Å². The van der Waals surface area contributed by atoms with Gasteiger partial charge < -0.3 is 10.6 Å². The number of halogens is 1. The van der Waals surface area contributed by atoms with Crippen LogP contribution < -0.4 is 10.6 Å². The SMILES string of the molecule is CCCC1(c2ccccc2)NC(=O)N(CC(=O)Nc2cccc(Cl)c2)C1=O. The molecule has 1 heterocycles. The third-order valence-corrected chi connectivity index (χ3v) is 4.71. The number of carbonyl (C=O) groups excluding carboxylic acids is 3. The highest BCUT2D eigenvalue weighted by atomic mass is 35.5. The molecule has 1 saturated heterocycles. The van der Waals surface area contributed by atoms with Gasteiger partial charge in [-0.2, -0.15) is 0 Å². The fraction of sp³-hybridized carbons (Fsp3) is 0.250. The molecule has 0 radical (unpaired) electrons.